The van der Waals surface area contributed by atoms with Crippen molar-refractivity contribution in [2.24, 2.45) is 5.73 Å². The first-order valence-electron chi connectivity index (χ1n) is 6.49. The van der Waals surface area contributed by atoms with Gasteiger partial charge in [0, 0.05) is 12.6 Å². The van der Waals surface area contributed by atoms with Crippen molar-refractivity contribution in [3.8, 4) is 11.5 Å². The molecule has 0 aliphatic heterocycles. The van der Waals surface area contributed by atoms with Crippen LogP contribution in [0.2, 0.25) is 0 Å². The summed E-state index contributed by atoms with van der Waals surface area (Å²) in [5.74, 6) is 1.59. The number of rotatable bonds is 6. The summed E-state index contributed by atoms with van der Waals surface area (Å²) in [5, 5.41) is 8.83. The van der Waals surface area contributed by atoms with Crippen LogP contribution in [0.4, 0.5) is 0 Å². The zero-order valence-electron chi connectivity index (χ0n) is 10.8. The predicted octanol–water partition coefficient (Wildman–Crippen LogP) is 3.25. The highest BCUT2D eigenvalue weighted by Gasteiger charge is 2.07. The van der Waals surface area contributed by atoms with Crippen molar-refractivity contribution >= 4 is 0 Å². The molecule has 3 N–H and O–H groups in total. The Morgan fingerprint density at radius 2 is 1.74 bits per heavy atom. The van der Waals surface area contributed by atoms with Crippen LogP contribution in [0.5, 0.6) is 11.5 Å². The molecule has 0 saturated carbocycles. The van der Waals surface area contributed by atoms with Crippen LogP contribution in [-0.4, -0.2) is 11.7 Å². The molecular formula is C16H19NO2. The van der Waals surface area contributed by atoms with Gasteiger partial charge in [-0.05, 0) is 42.7 Å². The maximum absolute atomic E-state index is 8.83. The van der Waals surface area contributed by atoms with Gasteiger partial charge < -0.3 is 15.6 Å². The zero-order chi connectivity index (χ0) is 13.5. The fourth-order valence-corrected chi connectivity index (χ4v) is 1.91. The van der Waals surface area contributed by atoms with Crippen molar-refractivity contribution in [2.45, 2.75) is 18.9 Å². The normalized spacial score (nSPS) is 12.1. The second-order valence-corrected chi connectivity index (χ2v) is 4.46. The number of benzene rings is 2. The van der Waals surface area contributed by atoms with E-state index < -0.39 is 0 Å². The monoisotopic (exact) mass is 257 g/mol. The maximum atomic E-state index is 8.83. The van der Waals surface area contributed by atoms with Gasteiger partial charge in [-0.15, -0.1) is 0 Å². The topological polar surface area (TPSA) is 55.5 Å². The molecule has 0 heterocycles. The Morgan fingerprint density at radius 1 is 1.00 bits per heavy atom. The molecule has 0 aliphatic carbocycles. The molecule has 0 aromatic heterocycles. The van der Waals surface area contributed by atoms with Crippen LogP contribution < -0.4 is 10.5 Å². The smallest absolute Gasteiger partial charge is 0.127 e. The van der Waals surface area contributed by atoms with Gasteiger partial charge in [-0.3, -0.25) is 0 Å². The Bertz CT molecular complexity index is 499. The molecule has 2 aromatic carbocycles. The lowest BCUT2D eigenvalue weighted by Gasteiger charge is -2.13. The van der Waals surface area contributed by atoms with E-state index >= 15 is 0 Å². The third-order valence-corrected chi connectivity index (χ3v) is 2.94. The molecule has 0 unspecified atom stereocenters. The molecule has 0 spiro atoms. The Morgan fingerprint density at radius 3 is 2.47 bits per heavy atom. The van der Waals surface area contributed by atoms with Gasteiger partial charge >= 0.3 is 0 Å². The average molecular weight is 257 g/mol. The van der Waals surface area contributed by atoms with Gasteiger partial charge in [0.05, 0.1) is 0 Å². The first kappa shape index (κ1) is 13.6. The largest absolute Gasteiger partial charge is 0.457 e. The lowest BCUT2D eigenvalue weighted by Crippen LogP contribution is -2.10. The van der Waals surface area contributed by atoms with Crippen molar-refractivity contribution in [2.75, 3.05) is 6.61 Å². The number of nitrogens with two attached hydrogens (primary N) is 1. The highest BCUT2D eigenvalue weighted by molar-refractivity contribution is 5.34. The predicted molar refractivity (Wildman–Crippen MR) is 76.2 cm³/mol. The van der Waals surface area contributed by atoms with Gasteiger partial charge in [-0.1, -0.05) is 30.3 Å². The molecular weight excluding hydrogens is 238 g/mol. The van der Waals surface area contributed by atoms with E-state index in [1.54, 1.807) is 0 Å². The molecule has 0 saturated heterocycles. The van der Waals surface area contributed by atoms with Gasteiger partial charge in [-0.2, -0.15) is 0 Å². The third kappa shape index (κ3) is 4.09. The van der Waals surface area contributed by atoms with E-state index in [1.165, 1.54) is 0 Å². The minimum absolute atomic E-state index is 0.0635. The van der Waals surface area contributed by atoms with Crippen molar-refractivity contribution in [3.05, 3.63) is 60.2 Å². The number of hydrogen-bond donors (Lipinski definition) is 2. The second kappa shape index (κ2) is 6.92. The summed E-state index contributed by atoms with van der Waals surface area (Å²) in [5.41, 5.74) is 7.11. The van der Waals surface area contributed by atoms with E-state index in [-0.39, 0.29) is 12.6 Å². The van der Waals surface area contributed by atoms with Crippen LogP contribution in [0.25, 0.3) is 0 Å². The molecule has 100 valence electrons. The Labute approximate surface area is 113 Å². The van der Waals surface area contributed by atoms with E-state index in [1.807, 2.05) is 54.6 Å². The van der Waals surface area contributed by atoms with E-state index in [0.717, 1.165) is 23.5 Å². The molecule has 19 heavy (non-hydrogen) atoms. The molecule has 0 radical (unpaired) electrons. The second-order valence-electron chi connectivity index (χ2n) is 4.46. The van der Waals surface area contributed by atoms with Gasteiger partial charge in [0.15, 0.2) is 0 Å². The highest BCUT2D eigenvalue weighted by atomic mass is 16.5. The van der Waals surface area contributed by atoms with Crippen molar-refractivity contribution in [1.82, 2.24) is 0 Å². The number of aliphatic hydroxyl groups is 1. The van der Waals surface area contributed by atoms with Crippen molar-refractivity contribution in [3.63, 3.8) is 0 Å². The lowest BCUT2D eigenvalue weighted by atomic mass is 10.0. The van der Waals surface area contributed by atoms with Crippen LogP contribution in [0.15, 0.2) is 54.6 Å². The minimum atomic E-state index is -0.0635. The molecule has 0 bridgehead atoms. The molecule has 0 aliphatic rings. The fraction of sp³-hybridized carbons (Fsp3) is 0.250. The van der Waals surface area contributed by atoms with E-state index in [4.69, 9.17) is 15.6 Å². The molecule has 0 fully saturated rings. The molecule has 0 amide bonds. The van der Waals surface area contributed by atoms with Crippen LogP contribution >= 0.6 is 0 Å². The Hall–Kier alpha value is -1.84. The molecule has 3 nitrogen and oxygen atoms in total. The van der Waals surface area contributed by atoms with Crippen LogP contribution in [0.1, 0.15) is 24.4 Å². The summed E-state index contributed by atoms with van der Waals surface area (Å²) in [6, 6.07) is 17.4. The summed E-state index contributed by atoms with van der Waals surface area (Å²) in [6.45, 7) is 0.175. The van der Waals surface area contributed by atoms with E-state index in [9.17, 15) is 0 Å². The summed E-state index contributed by atoms with van der Waals surface area (Å²) < 4.78 is 5.77. The van der Waals surface area contributed by atoms with Crippen molar-refractivity contribution in [1.29, 1.82) is 0 Å². The first-order chi connectivity index (χ1) is 9.29. The minimum Gasteiger partial charge on any atom is -0.457 e. The summed E-state index contributed by atoms with van der Waals surface area (Å²) in [6.07, 6.45) is 1.48. The van der Waals surface area contributed by atoms with Gasteiger partial charge in [0.25, 0.3) is 0 Å². The SMILES string of the molecule is N[C@H](CCCO)c1cccc(Oc2ccccc2)c1. The van der Waals surface area contributed by atoms with Gasteiger partial charge in [0.1, 0.15) is 11.5 Å². The zero-order valence-corrected chi connectivity index (χ0v) is 10.8. The van der Waals surface area contributed by atoms with Crippen molar-refractivity contribution < 1.29 is 9.84 Å². The van der Waals surface area contributed by atoms with E-state index in [0.29, 0.717) is 6.42 Å². The fourth-order valence-electron chi connectivity index (χ4n) is 1.91. The average Bonchev–Trinajstić information content (AvgIpc) is 2.46. The van der Waals surface area contributed by atoms with Crippen LogP contribution in [0.3, 0.4) is 0 Å². The number of ether oxygens (including phenoxy) is 1. The van der Waals surface area contributed by atoms with E-state index in [2.05, 4.69) is 0 Å². The maximum Gasteiger partial charge on any atom is 0.127 e. The molecule has 1 atom stereocenters. The number of para-hydroxylation sites is 1. The van der Waals surface area contributed by atoms with Crippen LogP contribution in [-0.2, 0) is 0 Å². The summed E-state index contributed by atoms with van der Waals surface area (Å²) in [4.78, 5) is 0. The summed E-state index contributed by atoms with van der Waals surface area (Å²) >= 11 is 0. The highest BCUT2D eigenvalue weighted by Crippen LogP contribution is 2.25. The molecule has 2 rings (SSSR count). The lowest BCUT2D eigenvalue weighted by molar-refractivity contribution is 0.280. The van der Waals surface area contributed by atoms with Gasteiger partial charge in [-0.25, -0.2) is 0 Å². The first-order valence-corrected chi connectivity index (χ1v) is 6.49. The number of aliphatic hydroxyl groups excluding tert-OH is 1. The third-order valence-electron chi connectivity index (χ3n) is 2.94. The van der Waals surface area contributed by atoms with Gasteiger partial charge in [0.2, 0.25) is 0 Å². The quantitative estimate of drug-likeness (QED) is 0.835. The molecule has 2 aromatic rings. The number of hydrogen-bond acceptors (Lipinski definition) is 3. The standard InChI is InChI=1S/C16H19NO2/c17-16(10-5-11-18)13-6-4-9-15(12-13)19-14-7-2-1-3-8-14/h1-4,6-9,12,16,18H,5,10-11,17H2/t16-/m1/s1. The Balaban J connectivity index is 2.06. The van der Waals surface area contributed by atoms with Crippen LogP contribution in [0, 0.1) is 0 Å². The molecule has 3 heteroatoms. The summed E-state index contributed by atoms with van der Waals surface area (Å²) in [7, 11) is 0. The Kier molecular flexibility index (Phi) is 4.95.